The summed E-state index contributed by atoms with van der Waals surface area (Å²) in [6.45, 7) is 2.02. The molecule has 0 aliphatic heterocycles. The first-order valence-electron chi connectivity index (χ1n) is 11.1. The van der Waals surface area contributed by atoms with E-state index in [9.17, 15) is 9.18 Å². The van der Waals surface area contributed by atoms with Gasteiger partial charge in [0.05, 0.1) is 0 Å². The van der Waals surface area contributed by atoms with E-state index in [-0.39, 0.29) is 11.4 Å². The van der Waals surface area contributed by atoms with E-state index < -0.39 is 0 Å². The van der Waals surface area contributed by atoms with Crippen LogP contribution in [0.3, 0.4) is 0 Å². The Morgan fingerprint density at radius 2 is 1.78 bits per heavy atom. The molecule has 0 saturated heterocycles. The lowest BCUT2D eigenvalue weighted by atomic mass is 10.0. The van der Waals surface area contributed by atoms with Gasteiger partial charge in [-0.1, -0.05) is 18.2 Å². The molecule has 162 valence electrons. The molecular formula is C27H25FN2O2. The van der Waals surface area contributed by atoms with Gasteiger partial charge in [-0.05, 0) is 77.9 Å². The molecule has 0 radical (unpaired) electrons. The summed E-state index contributed by atoms with van der Waals surface area (Å²) in [6.07, 6.45) is 5.85. The molecule has 32 heavy (non-hydrogen) atoms. The summed E-state index contributed by atoms with van der Waals surface area (Å²) >= 11 is 0. The number of fused-ring (bicyclic) bond motifs is 2. The minimum atomic E-state index is -0.322. The Balaban J connectivity index is 1.46. The number of hydrogen-bond donors (Lipinski definition) is 0. The van der Waals surface area contributed by atoms with Gasteiger partial charge in [-0.15, -0.1) is 0 Å². The fraction of sp³-hybridized carbons (Fsp3) is 0.259. The van der Waals surface area contributed by atoms with Crippen LogP contribution in [0.15, 0.2) is 76.1 Å². The van der Waals surface area contributed by atoms with Crippen molar-refractivity contribution in [2.24, 2.45) is 0 Å². The molecular weight excluding hydrogens is 403 g/mol. The quantitative estimate of drug-likeness (QED) is 0.386. The van der Waals surface area contributed by atoms with E-state index in [0.717, 1.165) is 54.4 Å². The number of nitrogens with zero attached hydrogens (tertiary/aromatic N) is 2. The lowest BCUT2D eigenvalue weighted by Crippen LogP contribution is -2.26. The van der Waals surface area contributed by atoms with Crippen LogP contribution in [0.4, 0.5) is 4.39 Å². The van der Waals surface area contributed by atoms with Gasteiger partial charge in [-0.2, -0.15) is 0 Å². The summed E-state index contributed by atoms with van der Waals surface area (Å²) in [4.78, 5) is 19.0. The van der Waals surface area contributed by atoms with Crippen molar-refractivity contribution in [2.45, 2.75) is 38.8 Å². The smallest absolute Gasteiger partial charge is 0.336 e. The van der Waals surface area contributed by atoms with E-state index in [2.05, 4.69) is 16.0 Å². The number of halogens is 1. The summed E-state index contributed by atoms with van der Waals surface area (Å²) in [5.41, 5.74) is 6.00. The number of rotatable bonds is 7. The van der Waals surface area contributed by atoms with E-state index in [4.69, 9.17) is 4.42 Å². The minimum Gasteiger partial charge on any atom is -0.423 e. The van der Waals surface area contributed by atoms with E-state index in [0.29, 0.717) is 18.7 Å². The Bertz CT molecular complexity index is 1280. The van der Waals surface area contributed by atoms with Crippen molar-refractivity contribution in [3.8, 4) is 0 Å². The van der Waals surface area contributed by atoms with Crippen molar-refractivity contribution in [3.63, 3.8) is 0 Å². The van der Waals surface area contributed by atoms with E-state index in [1.165, 1.54) is 23.3 Å². The second kappa shape index (κ2) is 9.05. The van der Waals surface area contributed by atoms with Gasteiger partial charge >= 0.3 is 5.63 Å². The molecule has 0 saturated carbocycles. The predicted octanol–water partition coefficient (Wildman–Crippen LogP) is 5.06. The first-order valence-corrected chi connectivity index (χ1v) is 11.1. The molecule has 1 aliphatic carbocycles. The average Bonchev–Trinajstić information content (AvgIpc) is 3.26. The monoisotopic (exact) mass is 428 g/mol. The number of benzene rings is 2. The molecule has 2 aromatic carbocycles. The lowest BCUT2D eigenvalue weighted by molar-refractivity contribution is 0.259. The molecule has 5 rings (SSSR count). The van der Waals surface area contributed by atoms with Crippen molar-refractivity contribution in [2.75, 3.05) is 6.54 Å². The van der Waals surface area contributed by atoms with Crippen LogP contribution in [0.5, 0.6) is 0 Å². The number of aryl methyl sites for hydroxylation is 2. The summed E-state index contributed by atoms with van der Waals surface area (Å²) < 4.78 is 18.9. The summed E-state index contributed by atoms with van der Waals surface area (Å²) in [6, 6.07) is 18.4. The highest BCUT2D eigenvalue weighted by Crippen LogP contribution is 2.29. The third kappa shape index (κ3) is 4.63. The molecule has 0 amide bonds. The predicted molar refractivity (Wildman–Crippen MR) is 123 cm³/mol. The Kier molecular flexibility index (Phi) is 5.82. The zero-order chi connectivity index (χ0) is 21.9. The van der Waals surface area contributed by atoms with Gasteiger partial charge in [-0.3, -0.25) is 9.88 Å². The molecule has 0 fully saturated rings. The third-order valence-corrected chi connectivity index (χ3v) is 6.17. The highest BCUT2D eigenvalue weighted by atomic mass is 19.1. The number of pyridine rings is 1. The van der Waals surface area contributed by atoms with Gasteiger partial charge in [0.15, 0.2) is 0 Å². The second-order valence-corrected chi connectivity index (χ2v) is 8.47. The van der Waals surface area contributed by atoms with Crippen molar-refractivity contribution >= 4 is 11.0 Å². The first-order chi connectivity index (χ1) is 15.6. The van der Waals surface area contributed by atoms with Crippen molar-refractivity contribution < 1.29 is 8.81 Å². The SMILES string of the molecule is O=c1cc(CN(CCc2ccccn2)Cc2ccc(F)cc2)c2cc3c(cc2o1)CCC3. The van der Waals surface area contributed by atoms with Crippen molar-refractivity contribution in [1.82, 2.24) is 9.88 Å². The van der Waals surface area contributed by atoms with E-state index in [1.807, 2.05) is 36.4 Å². The maximum absolute atomic E-state index is 13.4. The molecule has 0 bridgehead atoms. The molecule has 0 spiro atoms. The van der Waals surface area contributed by atoms with Gasteiger partial charge in [0.2, 0.25) is 0 Å². The van der Waals surface area contributed by atoms with Crippen LogP contribution in [-0.2, 0) is 32.4 Å². The van der Waals surface area contributed by atoms with Crippen LogP contribution in [0.2, 0.25) is 0 Å². The maximum Gasteiger partial charge on any atom is 0.336 e. The Morgan fingerprint density at radius 1 is 0.969 bits per heavy atom. The van der Waals surface area contributed by atoms with Gasteiger partial charge < -0.3 is 4.42 Å². The molecule has 0 N–H and O–H groups in total. The van der Waals surface area contributed by atoms with Gasteiger partial charge in [0.25, 0.3) is 0 Å². The molecule has 2 aromatic heterocycles. The van der Waals surface area contributed by atoms with Crippen molar-refractivity contribution in [1.29, 1.82) is 0 Å². The van der Waals surface area contributed by atoms with Crippen LogP contribution in [-0.4, -0.2) is 16.4 Å². The zero-order valence-corrected chi connectivity index (χ0v) is 17.9. The van der Waals surface area contributed by atoms with Crippen LogP contribution >= 0.6 is 0 Å². The lowest BCUT2D eigenvalue weighted by Gasteiger charge is -2.23. The highest BCUT2D eigenvalue weighted by Gasteiger charge is 2.17. The van der Waals surface area contributed by atoms with Crippen LogP contribution < -0.4 is 5.63 Å². The summed E-state index contributed by atoms with van der Waals surface area (Å²) in [7, 11) is 0. The van der Waals surface area contributed by atoms with E-state index in [1.54, 1.807) is 12.3 Å². The van der Waals surface area contributed by atoms with Crippen molar-refractivity contribution in [3.05, 3.63) is 111 Å². The fourth-order valence-corrected chi connectivity index (χ4v) is 4.55. The molecule has 2 heterocycles. The standard InChI is InChI=1S/C27H25FN2O2/c28-23-9-7-19(8-10-23)17-30(13-11-24-6-1-2-12-29-24)18-22-16-27(31)32-26-15-21-5-3-4-20(21)14-25(22)26/h1-2,6-10,12,14-16H,3-5,11,13,17-18H2. The largest absolute Gasteiger partial charge is 0.423 e. The topological polar surface area (TPSA) is 46.3 Å². The molecule has 0 atom stereocenters. The highest BCUT2D eigenvalue weighted by molar-refractivity contribution is 5.82. The second-order valence-electron chi connectivity index (χ2n) is 8.47. The fourth-order valence-electron chi connectivity index (χ4n) is 4.55. The minimum absolute atomic E-state index is 0.241. The summed E-state index contributed by atoms with van der Waals surface area (Å²) in [5, 5.41) is 1.01. The maximum atomic E-state index is 13.4. The molecule has 1 aliphatic rings. The third-order valence-electron chi connectivity index (χ3n) is 6.17. The molecule has 4 aromatic rings. The first kappa shape index (κ1) is 20.6. The average molecular weight is 429 g/mol. The Hall–Kier alpha value is -3.31. The number of aromatic nitrogens is 1. The normalized spacial score (nSPS) is 13.1. The molecule has 0 unspecified atom stereocenters. The number of hydrogen-bond acceptors (Lipinski definition) is 4. The molecule has 5 heteroatoms. The van der Waals surface area contributed by atoms with E-state index >= 15 is 0 Å². The molecule has 4 nitrogen and oxygen atoms in total. The Morgan fingerprint density at radius 3 is 2.56 bits per heavy atom. The van der Waals surface area contributed by atoms with Crippen LogP contribution in [0.25, 0.3) is 11.0 Å². The van der Waals surface area contributed by atoms with Gasteiger partial charge in [0.1, 0.15) is 11.4 Å². The Labute approximate surface area is 186 Å². The van der Waals surface area contributed by atoms with Crippen LogP contribution in [0.1, 0.15) is 34.4 Å². The zero-order valence-electron chi connectivity index (χ0n) is 17.9. The van der Waals surface area contributed by atoms with Gasteiger partial charge in [-0.25, -0.2) is 9.18 Å². The summed E-state index contributed by atoms with van der Waals surface area (Å²) in [5.74, 6) is -0.241. The van der Waals surface area contributed by atoms with Crippen LogP contribution in [0, 0.1) is 5.82 Å². The van der Waals surface area contributed by atoms with Gasteiger partial charge in [0, 0.05) is 49.4 Å².